The minimum absolute atomic E-state index is 0.106. The lowest BCUT2D eigenvalue weighted by Crippen LogP contribution is -2.58. The monoisotopic (exact) mass is 555 g/mol. The molecule has 0 radical (unpaired) electrons. The van der Waals surface area contributed by atoms with Crippen molar-refractivity contribution in [2.75, 3.05) is 19.0 Å². The highest BCUT2D eigenvalue weighted by Gasteiger charge is 2.60. The highest BCUT2D eigenvalue weighted by molar-refractivity contribution is 14.1. The summed E-state index contributed by atoms with van der Waals surface area (Å²) in [6.07, 6.45) is 0.113. The van der Waals surface area contributed by atoms with E-state index in [9.17, 15) is 29.7 Å². The predicted octanol–water partition coefficient (Wildman–Crippen LogP) is 0.641. The lowest BCUT2D eigenvalue weighted by molar-refractivity contribution is -0.147. The van der Waals surface area contributed by atoms with E-state index in [2.05, 4.69) is 0 Å². The number of carbonyl (C=O) groups excluding carboxylic acids is 3. The Hall–Kier alpha value is -2.64. The van der Waals surface area contributed by atoms with Crippen LogP contribution in [0, 0.1) is 15.4 Å². The molecule has 1 saturated carbocycles. The third-order valence-corrected chi connectivity index (χ3v) is 7.38. The summed E-state index contributed by atoms with van der Waals surface area (Å²) in [4.78, 5) is 44.5. The molecule has 11 heteroatoms. The first kappa shape index (κ1) is 22.6. The van der Waals surface area contributed by atoms with Crippen molar-refractivity contribution in [2.45, 2.75) is 24.9 Å². The quantitative estimate of drug-likeness (QED) is 0.204. The van der Waals surface area contributed by atoms with Crippen LogP contribution in [0.1, 0.15) is 24.0 Å². The molecule has 4 rings (SSSR count). The van der Waals surface area contributed by atoms with Crippen LogP contribution in [-0.4, -0.2) is 52.5 Å². The van der Waals surface area contributed by atoms with E-state index in [-0.39, 0.29) is 29.7 Å². The fraction of sp³-hybridized carbons (Fsp3) is 0.381. The van der Waals surface area contributed by atoms with Crippen molar-refractivity contribution in [3.05, 3.63) is 37.7 Å². The summed E-state index contributed by atoms with van der Waals surface area (Å²) in [5.41, 5.74) is 3.50. The summed E-state index contributed by atoms with van der Waals surface area (Å²) in [6, 6.07) is 1.85. The number of nitrogens with two attached hydrogens (primary N) is 2. The molecule has 170 valence electrons. The maximum atomic E-state index is 13.5. The molecular formula is C21H22IN3O7. The van der Waals surface area contributed by atoms with Crippen molar-refractivity contribution in [3.8, 4) is 5.75 Å². The second-order valence-electron chi connectivity index (χ2n) is 8.48. The van der Waals surface area contributed by atoms with Gasteiger partial charge in [-0.15, -0.1) is 0 Å². The van der Waals surface area contributed by atoms with Crippen LogP contribution < -0.4 is 21.4 Å². The number of anilines is 1. The fourth-order valence-corrected chi connectivity index (χ4v) is 5.83. The smallest absolute Gasteiger partial charge is 0.255 e. The SMILES string of the molecule is CN(C)c1cc(I)c(ON)c2c1CC1CC3CC(=O)C(C(N)=O)=C(O)[C@@]3(O)C(=O)C1=C2O. The Balaban J connectivity index is 1.98. The topological polar surface area (TPSA) is 176 Å². The van der Waals surface area contributed by atoms with Crippen molar-refractivity contribution in [3.63, 3.8) is 0 Å². The van der Waals surface area contributed by atoms with Crippen LogP contribution in [0.4, 0.5) is 5.69 Å². The van der Waals surface area contributed by atoms with Gasteiger partial charge in [-0.2, -0.15) is 5.90 Å². The standard InChI is InChI=1S/C21H22IN3O7/c1-25(2)11-6-10(22)17(32-24)14-9(11)4-7-3-8-5-12(26)15(20(23)30)19(29)21(8,31)18(28)13(7)16(14)27/h6-8,27,29,31H,3-5,24H2,1-2H3,(H2,23,30)/t7?,8?,21-/m0/s1. The Morgan fingerprint density at radius 2 is 1.94 bits per heavy atom. The summed E-state index contributed by atoms with van der Waals surface area (Å²) in [5.74, 6) is -0.268. The zero-order valence-corrected chi connectivity index (χ0v) is 19.5. The molecule has 1 aromatic rings. The number of aliphatic hydroxyl groups is 3. The van der Waals surface area contributed by atoms with Crippen LogP contribution in [0.5, 0.6) is 5.75 Å². The third kappa shape index (κ3) is 2.87. The first-order valence-electron chi connectivity index (χ1n) is 9.81. The number of carbonyl (C=O) groups is 3. The van der Waals surface area contributed by atoms with E-state index in [0.29, 0.717) is 15.6 Å². The largest absolute Gasteiger partial charge is 0.508 e. The number of hydrogen-bond acceptors (Lipinski definition) is 9. The first-order valence-corrected chi connectivity index (χ1v) is 10.9. The minimum atomic E-state index is -2.54. The molecule has 2 unspecified atom stereocenters. The normalized spacial score (nSPS) is 27.0. The molecule has 0 heterocycles. The second kappa shape index (κ2) is 7.46. The average molecular weight is 555 g/mol. The van der Waals surface area contributed by atoms with Gasteiger partial charge >= 0.3 is 0 Å². The van der Waals surface area contributed by atoms with Gasteiger partial charge in [0.15, 0.2) is 17.1 Å². The van der Waals surface area contributed by atoms with Gasteiger partial charge in [0.2, 0.25) is 5.78 Å². The van der Waals surface area contributed by atoms with E-state index in [1.165, 1.54) is 0 Å². The highest BCUT2D eigenvalue weighted by Crippen LogP contribution is 2.53. The van der Waals surface area contributed by atoms with Gasteiger partial charge in [0.05, 0.1) is 9.13 Å². The maximum Gasteiger partial charge on any atom is 0.255 e. The maximum absolute atomic E-state index is 13.5. The summed E-state index contributed by atoms with van der Waals surface area (Å²) in [5, 5.41) is 33.1. The molecule has 3 atom stereocenters. The molecule has 1 amide bonds. The molecule has 10 nitrogen and oxygen atoms in total. The number of nitrogens with zero attached hydrogens (tertiary/aromatic N) is 1. The van der Waals surface area contributed by atoms with Gasteiger partial charge in [-0.1, -0.05) is 0 Å². The molecule has 32 heavy (non-hydrogen) atoms. The van der Waals surface area contributed by atoms with Gasteiger partial charge in [0.25, 0.3) is 5.91 Å². The van der Waals surface area contributed by atoms with Crippen LogP contribution in [0.3, 0.4) is 0 Å². The van der Waals surface area contributed by atoms with Crippen LogP contribution in [0.15, 0.2) is 23.0 Å². The molecule has 0 aromatic heterocycles. The van der Waals surface area contributed by atoms with Crippen molar-refractivity contribution >= 4 is 51.5 Å². The third-order valence-electron chi connectivity index (χ3n) is 6.57. The zero-order chi connectivity index (χ0) is 23.7. The average Bonchev–Trinajstić information content (AvgIpc) is 2.70. The number of rotatable bonds is 3. The van der Waals surface area contributed by atoms with Crippen molar-refractivity contribution in [2.24, 2.45) is 23.5 Å². The highest BCUT2D eigenvalue weighted by atomic mass is 127. The fourth-order valence-electron chi connectivity index (χ4n) is 5.14. The van der Waals surface area contributed by atoms with Gasteiger partial charge in [-0.25, -0.2) is 0 Å². The van der Waals surface area contributed by atoms with Crippen LogP contribution in [-0.2, 0) is 20.8 Å². The number of halogens is 1. The number of hydrogen-bond donors (Lipinski definition) is 5. The Labute approximate surface area is 196 Å². The van der Waals surface area contributed by atoms with Crippen molar-refractivity contribution in [1.29, 1.82) is 0 Å². The first-order chi connectivity index (χ1) is 14.9. The van der Waals surface area contributed by atoms with E-state index in [4.69, 9.17) is 16.5 Å². The van der Waals surface area contributed by atoms with Gasteiger partial charge in [-0.3, -0.25) is 14.4 Å². The number of aliphatic hydroxyl groups excluding tert-OH is 2. The van der Waals surface area contributed by atoms with E-state index in [1.54, 1.807) is 0 Å². The van der Waals surface area contributed by atoms with Crippen molar-refractivity contribution in [1.82, 2.24) is 0 Å². The van der Waals surface area contributed by atoms with E-state index < -0.39 is 52.0 Å². The number of Topliss-reactive ketones (excluding diaryl/α,β-unsaturated/α-hetero) is 2. The van der Waals surface area contributed by atoms with Gasteiger partial charge in [0.1, 0.15) is 17.1 Å². The lowest BCUT2D eigenvalue weighted by atomic mass is 9.59. The molecule has 0 saturated heterocycles. The van der Waals surface area contributed by atoms with Gasteiger partial charge < -0.3 is 30.8 Å². The van der Waals surface area contributed by atoms with Crippen LogP contribution in [0.25, 0.3) is 5.76 Å². The number of fused-ring (bicyclic) bond motifs is 3. The summed E-state index contributed by atoms with van der Waals surface area (Å²) >= 11 is 2.00. The number of primary amides is 1. The second-order valence-corrected chi connectivity index (χ2v) is 9.64. The molecule has 0 aliphatic heterocycles. The van der Waals surface area contributed by atoms with E-state index >= 15 is 0 Å². The lowest BCUT2D eigenvalue weighted by Gasteiger charge is -2.46. The molecule has 3 aliphatic rings. The summed E-state index contributed by atoms with van der Waals surface area (Å²) in [7, 11) is 3.67. The van der Waals surface area contributed by atoms with Crippen molar-refractivity contribution < 1.29 is 34.5 Å². The predicted molar refractivity (Wildman–Crippen MR) is 122 cm³/mol. The molecule has 0 bridgehead atoms. The molecule has 7 N–H and O–H groups in total. The molecule has 0 spiro atoms. The van der Waals surface area contributed by atoms with Crippen LogP contribution in [0.2, 0.25) is 0 Å². The van der Waals surface area contributed by atoms with E-state index in [0.717, 1.165) is 5.69 Å². The molecule has 1 fully saturated rings. The summed E-state index contributed by atoms with van der Waals surface area (Å²) < 4.78 is 0.597. The number of amides is 1. The Bertz CT molecular complexity index is 1160. The molecule has 3 aliphatic carbocycles. The van der Waals surface area contributed by atoms with Gasteiger partial charge in [0, 0.05) is 37.7 Å². The number of benzene rings is 1. The Morgan fingerprint density at radius 1 is 1.28 bits per heavy atom. The van der Waals surface area contributed by atoms with E-state index in [1.807, 2.05) is 47.7 Å². The molecule has 1 aromatic carbocycles. The van der Waals surface area contributed by atoms with Crippen LogP contribution >= 0.6 is 22.6 Å². The van der Waals surface area contributed by atoms with Gasteiger partial charge in [-0.05, 0) is 53.0 Å². The zero-order valence-electron chi connectivity index (χ0n) is 17.3. The Kier molecular flexibility index (Phi) is 5.25. The summed E-state index contributed by atoms with van der Waals surface area (Å²) in [6.45, 7) is 0. The number of ketones is 2. The minimum Gasteiger partial charge on any atom is -0.508 e. The molecular weight excluding hydrogens is 533 g/mol. The Morgan fingerprint density at radius 3 is 2.50 bits per heavy atom.